The molecule has 19 heavy (non-hydrogen) atoms. The maximum atomic E-state index is 13.6. The van der Waals surface area contributed by atoms with Crippen LogP contribution in [0.25, 0.3) is 5.57 Å². The molecule has 0 heterocycles. The molecule has 1 rings (SSSR count). The van der Waals surface area contributed by atoms with Crippen molar-refractivity contribution in [3.8, 4) is 0 Å². The Morgan fingerprint density at radius 2 is 2.11 bits per heavy atom. The van der Waals surface area contributed by atoms with Crippen LogP contribution >= 0.6 is 0 Å². The predicted octanol–water partition coefficient (Wildman–Crippen LogP) is 3.14. The van der Waals surface area contributed by atoms with E-state index >= 15 is 0 Å². The van der Waals surface area contributed by atoms with Gasteiger partial charge in [-0.05, 0) is 44.5 Å². The van der Waals surface area contributed by atoms with Crippen molar-refractivity contribution < 1.29 is 13.9 Å². The number of anilines is 1. The Labute approximate surface area is 112 Å². The largest absolute Gasteiger partial charge is 0.444 e. The van der Waals surface area contributed by atoms with Gasteiger partial charge in [-0.1, -0.05) is 6.58 Å². The minimum Gasteiger partial charge on any atom is -0.444 e. The first-order chi connectivity index (χ1) is 8.73. The zero-order chi connectivity index (χ0) is 14.6. The lowest BCUT2D eigenvalue weighted by Gasteiger charge is -2.20. The predicted molar refractivity (Wildman–Crippen MR) is 74.3 cm³/mol. The third-order valence-corrected chi connectivity index (χ3v) is 2.24. The molecule has 3 N–H and O–H groups in total. The van der Waals surface area contributed by atoms with E-state index in [0.717, 1.165) is 0 Å². The average molecular weight is 266 g/mol. The summed E-state index contributed by atoms with van der Waals surface area (Å²) >= 11 is 0. The third kappa shape index (κ3) is 4.71. The molecule has 0 aliphatic carbocycles. The average Bonchev–Trinajstić information content (AvgIpc) is 2.28. The highest BCUT2D eigenvalue weighted by Gasteiger charge is 2.16. The van der Waals surface area contributed by atoms with Crippen LogP contribution in [0.15, 0.2) is 24.8 Å². The van der Waals surface area contributed by atoms with Crippen molar-refractivity contribution in [3.63, 3.8) is 0 Å². The lowest BCUT2D eigenvalue weighted by atomic mass is 10.1. The first-order valence-electron chi connectivity index (χ1n) is 5.90. The summed E-state index contributed by atoms with van der Waals surface area (Å²) in [6.07, 6.45) is -0.594. The van der Waals surface area contributed by atoms with E-state index in [2.05, 4.69) is 11.9 Å². The van der Waals surface area contributed by atoms with E-state index in [-0.39, 0.29) is 12.1 Å². The van der Waals surface area contributed by atoms with Crippen molar-refractivity contribution in [3.05, 3.63) is 36.2 Å². The van der Waals surface area contributed by atoms with Crippen LogP contribution < -0.4 is 11.1 Å². The first-order valence-corrected chi connectivity index (χ1v) is 5.90. The molecule has 1 aromatic carbocycles. The van der Waals surface area contributed by atoms with E-state index in [1.807, 2.05) is 0 Å². The van der Waals surface area contributed by atoms with Gasteiger partial charge >= 0.3 is 6.09 Å². The standard InChI is InChI=1S/C14H19FN2O2/c1-9(8-16)11-7-10(5-6-12(11)15)17-13(18)19-14(2,3)4/h5-7H,1,8,16H2,2-4H3,(H,17,18). The van der Waals surface area contributed by atoms with Gasteiger partial charge in [-0.25, -0.2) is 9.18 Å². The molecule has 104 valence electrons. The molecular weight excluding hydrogens is 247 g/mol. The quantitative estimate of drug-likeness (QED) is 0.883. The van der Waals surface area contributed by atoms with Crippen molar-refractivity contribution in [2.75, 3.05) is 11.9 Å². The topological polar surface area (TPSA) is 64.3 Å². The summed E-state index contributed by atoms with van der Waals surface area (Å²) < 4.78 is 18.7. The highest BCUT2D eigenvalue weighted by atomic mass is 19.1. The molecule has 0 saturated carbocycles. The summed E-state index contributed by atoms with van der Waals surface area (Å²) in [7, 11) is 0. The van der Waals surface area contributed by atoms with Gasteiger partial charge in [0, 0.05) is 17.8 Å². The minimum absolute atomic E-state index is 0.146. The lowest BCUT2D eigenvalue weighted by Crippen LogP contribution is -2.27. The van der Waals surface area contributed by atoms with Gasteiger partial charge in [0.05, 0.1) is 0 Å². The van der Waals surface area contributed by atoms with Crippen LogP contribution in [0.1, 0.15) is 26.3 Å². The number of hydrogen-bond donors (Lipinski definition) is 2. The molecule has 0 fully saturated rings. The van der Waals surface area contributed by atoms with E-state index in [0.29, 0.717) is 11.3 Å². The smallest absolute Gasteiger partial charge is 0.412 e. The Morgan fingerprint density at radius 3 is 2.63 bits per heavy atom. The maximum absolute atomic E-state index is 13.6. The van der Waals surface area contributed by atoms with Crippen molar-refractivity contribution >= 4 is 17.4 Å². The molecule has 5 heteroatoms. The third-order valence-electron chi connectivity index (χ3n) is 2.24. The van der Waals surface area contributed by atoms with Gasteiger partial charge in [-0.15, -0.1) is 0 Å². The highest BCUT2D eigenvalue weighted by molar-refractivity contribution is 5.85. The van der Waals surface area contributed by atoms with Gasteiger partial charge in [0.2, 0.25) is 0 Å². The molecule has 1 aromatic rings. The molecule has 4 nitrogen and oxygen atoms in total. The van der Waals surface area contributed by atoms with E-state index in [4.69, 9.17) is 10.5 Å². The normalized spacial score (nSPS) is 11.0. The number of benzene rings is 1. The van der Waals surface area contributed by atoms with E-state index in [9.17, 15) is 9.18 Å². The number of carbonyl (C=O) groups is 1. The monoisotopic (exact) mass is 266 g/mol. The van der Waals surface area contributed by atoms with E-state index < -0.39 is 17.5 Å². The number of rotatable bonds is 3. The Hall–Kier alpha value is -1.88. The van der Waals surface area contributed by atoms with Crippen LogP contribution in [0, 0.1) is 5.82 Å². The van der Waals surface area contributed by atoms with Gasteiger partial charge in [-0.2, -0.15) is 0 Å². The highest BCUT2D eigenvalue weighted by Crippen LogP contribution is 2.21. The summed E-state index contributed by atoms with van der Waals surface area (Å²) in [6.45, 7) is 9.11. The zero-order valence-electron chi connectivity index (χ0n) is 11.4. The van der Waals surface area contributed by atoms with Gasteiger partial charge in [0.1, 0.15) is 11.4 Å². The molecule has 0 radical (unpaired) electrons. The second-order valence-electron chi connectivity index (χ2n) is 5.13. The molecule has 0 atom stereocenters. The number of ether oxygens (including phenoxy) is 1. The van der Waals surface area contributed by atoms with E-state index in [1.54, 1.807) is 20.8 Å². The number of nitrogens with one attached hydrogen (secondary N) is 1. The summed E-state index contributed by atoms with van der Waals surface area (Å²) in [5.74, 6) is -0.426. The van der Waals surface area contributed by atoms with Crippen LogP contribution in [-0.4, -0.2) is 18.2 Å². The molecular formula is C14H19FN2O2. The van der Waals surface area contributed by atoms with Gasteiger partial charge < -0.3 is 10.5 Å². The number of nitrogens with two attached hydrogens (primary N) is 1. The second kappa shape index (κ2) is 5.84. The molecule has 0 aliphatic heterocycles. The second-order valence-corrected chi connectivity index (χ2v) is 5.13. The van der Waals surface area contributed by atoms with Crippen LogP contribution in [-0.2, 0) is 4.74 Å². The van der Waals surface area contributed by atoms with Gasteiger partial charge in [0.25, 0.3) is 0 Å². The van der Waals surface area contributed by atoms with Gasteiger partial charge in [-0.3, -0.25) is 5.32 Å². The fourth-order valence-electron chi connectivity index (χ4n) is 1.41. The lowest BCUT2D eigenvalue weighted by molar-refractivity contribution is 0.0636. The SMILES string of the molecule is C=C(CN)c1cc(NC(=O)OC(C)(C)C)ccc1F. The number of halogens is 1. The van der Waals surface area contributed by atoms with Crippen molar-refractivity contribution in [2.45, 2.75) is 26.4 Å². The molecule has 1 amide bonds. The van der Waals surface area contributed by atoms with Crippen molar-refractivity contribution in [1.82, 2.24) is 0 Å². The van der Waals surface area contributed by atoms with Crippen molar-refractivity contribution in [1.29, 1.82) is 0 Å². The molecule has 0 unspecified atom stereocenters. The molecule has 0 spiro atoms. The Morgan fingerprint density at radius 1 is 1.47 bits per heavy atom. The minimum atomic E-state index is -0.594. The number of amides is 1. The van der Waals surface area contributed by atoms with Crippen LogP contribution in [0.4, 0.5) is 14.9 Å². The van der Waals surface area contributed by atoms with Crippen molar-refractivity contribution in [2.24, 2.45) is 5.73 Å². The Kier molecular flexibility index (Phi) is 4.67. The molecule has 0 aliphatic rings. The molecule has 0 bridgehead atoms. The fourth-order valence-corrected chi connectivity index (χ4v) is 1.41. The van der Waals surface area contributed by atoms with Crippen LogP contribution in [0.2, 0.25) is 0 Å². The summed E-state index contributed by atoms with van der Waals surface area (Å²) in [5.41, 5.74) is 6.02. The van der Waals surface area contributed by atoms with Crippen LogP contribution in [0.3, 0.4) is 0 Å². The van der Waals surface area contributed by atoms with Gasteiger partial charge in [0.15, 0.2) is 0 Å². The first kappa shape index (κ1) is 15.2. The Bertz CT molecular complexity index is 493. The van der Waals surface area contributed by atoms with Crippen LogP contribution in [0.5, 0.6) is 0 Å². The molecule has 0 aromatic heterocycles. The maximum Gasteiger partial charge on any atom is 0.412 e. The summed E-state index contributed by atoms with van der Waals surface area (Å²) in [5, 5.41) is 2.54. The fraction of sp³-hybridized carbons (Fsp3) is 0.357. The summed E-state index contributed by atoms with van der Waals surface area (Å²) in [6, 6.07) is 4.18. The number of hydrogen-bond acceptors (Lipinski definition) is 3. The summed E-state index contributed by atoms with van der Waals surface area (Å²) in [4.78, 5) is 11.6. The van der Waals surface area contributed by atoms with E-state index in [1.165, 1.54) is 18.2 Å². The molecule has 0 saturated heterocycles. The number of carbonyl (C=O) groups excluding carboxylic acids is 1. The zero-order valence-corrected chi connectivity index (χ0v) is 11.4. The Balaban J connectivity index is 2.86.